The second kappa shape index (κ2) is 17.5. The molecule has 6 N–H and O–H groups in total. The van der Waals surface area contributed by atoms with Crippen LogP contribution in [0.25, 0.3) is 11.5 Å². The van der Waals surface area contributed by atoms with Gasteiger partial charge in [-0.15, -0.1) is 0 Å². The first kappa shape index (κ1) is 37.7. The number of halogens is 8. The molecule has 0 radical (unpaired) electrons. The summed E-state index contributed by atoms with van der Waals surface area (Å²) in [6.45, 7) is 6.54. The first-order chi connectivity index (χ1) is 15.5. The van der Waals surface area contributed by atoms with Gasteiger partial charge in [0.15, 0.2) is 5.82 Å². The van der Waals surface area contributed by atoms with E-state index in [1.54, 1.807) is 18.3 Å². The van der Waals surface area contributed by atoms with E-state index in [-0.39, 0.29) is 36.9 Å². The molecule has 0 saturated heterocycles. The molecule has 0 unspecified atom stereocenters. The van der Waals surface area contributed by atoms with E-state index in [0.29, 0.717) is 17.4 Å². The Morgan fingerprint density at radius 3 is 1.47 bits per heavy atom. The third kappa shape index (κ3) is 22.9. The molecule has 18 heteroatoms. The molecule has 0 aliphatic rings. The molecule has 0 aliphatic heterocycles. The Bertz CT molecular complexity index is 940. The molecule has 202 valence electrons. The molecule has 0 atom stereocenters. The van der Waals surface area contributed by atoms with Crippen LogP contribution in [-0.4, -0.2) is 39.9 Å². The quantitative estimate of drug-likeness (QED) is 0.308. The maximum absolute atomic E-state index is 9.75. The van der Waals surface area contributed by atoms with Crippen molar-refractivity contribution in [1.82, 2.24) is 19.9 Å². The topological polar surface area (TPSA) is 135 Å². The minimum Gasteiger partial charge on any atom is -0.418 e. The standard InChI is InChI=1S/C10H14.C8H8N6.2BF4.H2O.Ru/c1-8(2)10-6-4-9(3)5-7-10;9-7-12-6(13-8(10)14-7)5-3-1-2-4-11-5;2*2-1(3,4)5;;/h4-8H,1-3H3;1-4H,(H4,9,10,12,13,14);;;1H2;/q;;2*-1;;+2. The fourth-order valence-electron chi connectivity index (χ4n) is 1.97. The number of benzene rings is 1. The van der Waals surface area contributed by atoms with Crippen molar-refractivity contribution in [2.24, 2.45) is 0 Å². The molecule has 0 spiro atoms. The molecule has 36 heavy (non-hydrogen) atoms. The summed E-state index contributed by atoms with van der Waals surface area (Å²) in [7, 11) is -12.0. The number of nitrogens with zero attached hydrogens (tertiary/aromatic N) is 4. The van der Waals surface area contributed by atoms with Crippen molar-refractivity contribution in [3.8, 4) is 11.5 Å². The molecule has 7 nitrogen and oxygen atoms in total. The van der Waals surface area contributed by atoms with Gasteiger partial charge in [-0.3, -0.25) is 4.98 Å². The van der Waals surface area contributed by atoms with Gasteiger partial charge >= 0.3 is 34.0 Å². The molecule has 1 aromatic carbocycles. The molecule has 3 rings (SSSR count). The molecule has 0 bridgehead atoms. The predicted octanol–water partition coefficient (Wildman–Crippen LogP) is 4.99. The maximum Gasteiger partial charge on any atom is 2.00 e. The van der Waals surface area contributed by atoms with Crippen LogP contribution in [0.3, 0.4) is 0 Å². The number of hydrogen-bond donors (Lipinski definition) is 2. The number of aryl methyl sites for hydroxylation is 1. The molecular formula is C18H24B2F8N6ORu. The second-order valence-corrected chi connectivity index (χ2v) is 6.65. The van der Waals surface area contributed by atoms with Gasteiger partial charge in [0, 0.05) is 6.20 Å². The van der Waals surface area contributed by atoms with Gasteiger partial charge in [-0.2, -0.15) is 15.0 Å². The van der Waals surface area contributed by atoms with E-state index < -0.39 is 14.5 Å². The zero-order valence-electron chi connectivity index (χ0n) is 19.2. The number of nitrogen functional groups attached to an aromatic ring is 2. The zero-order chi connectivity index (χ0) is 26.5. The van der Waals surface area contributed by atoms with Gasteiger partial charge in [0.25, 0.3) is 0 Å². The number of pyridine rings is 1. The van der Waals surface area contributed by atoms with Crippen LogP contribution in [0.5, 0.6) is 0 Å². The minimum atomic E-state index is -6.00. The van der Waals surface area contributed by atoms with E-state index in [1.165, 1.54) is 11.1 Å². The van der Waals surface area contributed by atoms with Crippen LogP contribution in [0.4, 0.5) is 46.4 Å². The van der Waals surface area contributed by atoms with Crippen LogP contribution in [0.2, 0.25) is 0 Å². The Morgan fingerprint density at radius 1 is 0.722 bits per heavy atom. The van der Waals surface area contributed by atoms with Gasteiger partial charge in [-0.25, -0.2) is 0 Å². The van der Waals surface area contributed by atoms with E-state index in [1.807, 2.05) is 6.07 Å². The summed E-state index contributed by atoms with van der Waals surface area (Å²) in [6.07, 6.45) is 1.64. The second-order valence-electron chi connectivity index (χ2n) is 6.65. The van der Waals surface area contributed by atoms with E-state index in [0.717, 1.165) is 0 Å². The molecule has 0 fully saturated rings. The molecule has 0 aliphatic carbocycles. The summed E-state index contributed by atoms with van der Waals surface area (Å²) in [6, 6.07) is 14.1. The van der Waals surface area contributed by atoms with Crippen molar-refractivity contribution in [1.29, 1.82) is 0 Å². The van der Waals surface area contributed by atoms with E-state index in [2.05, 4.69) is 65.0 Å². The normalized spacial score (nSPS) is 10.1. The van der Waals surface area contributed by atoms with Crippen molar-refractivity contribution in [2.45, 2.75) is 26.7 Å². The third-order valence-electron chi connectivity index (χ3n) is 3.31. The van der Waals surface area contributed by atoms with Crippen molar-refractivity contribution >= 4 is 26.4 Å². The first-order valence-electron chi connectivity index (χ1n) is 9.45. The van der Waals surface area contributed by atoms with Crippen molar-refractivity contribution in [3.05, 3.63) is 59.8 Å². The van der Waals surface area contributed by atoms with Gasteiger partial charge in [-0.1, -0.05) is 49.7 Å². The SMILES string of the molecule is Cc1ccc(C(C)C)cc1.F[B-](F)(F)F.F[B-](F)(F)F.Nc1nc(N)nc(-c2ccccn2)n1.O.[Ru+2]. The van der Waals surface area contributed by atoms with E-state index in [9.17, 15) is 34.5 Å². The Morgan fingerprint density at radius 2 is 1.14 bits per heavy atom. The van der Waals surface area contributed by atoms with Crippen LogP contribution in [0.15, 0.2) is 48.7 Å². The summed E-state index contributed by atoms with van der Waals surface area (Å²) >= 11 is 0. The van der Waals surface area contributed by atoms with Gasteiger partial charge in [-0.05, 0) is 30.5 Å². The fourth-order valence-corrected chi connectivity index (χ4v) is 1.97. The summed E-state index contributed by atoms with van der Waals surface area (Å²) in [5.41, 5.74) is 14.2. The van der Waals surface area contributed by atoms with Crippen LogP contribution in [0.1, 0.15) is 30.9 Å². The van der Waals surface area contributed by atoms with Crippen molar-refractivity contribution in [2.75, 3.05) is 11.5 Å². The first-order valence-corrected chi connectivity index (χ1v) is 9.45. The summed E-state index contributed by atoms with van der Waals surface area (Å²) in [5.74, 6) is 1.23. The maximum atomic E-state index is 9.75. The number of aromatic nitrogens is 4. The van der Waals surface area contributed by atoms with Crippen LogP contribution in [-0.2, 0) is 19.5 Å². The van der Waals surface area contributed by atoms with Gasteiger partial charge in [0.05, 0.1) is 0 Å². The molecule has 2 aromatic heterocycles. The van der Waals surface area contributed by atoms with Gasteiger partial charge in [0.2, 0.25) is 11.9 Å². The number of anilines is 2. The van der Waals surface area contributed by atoms with Crippen LogP contribution < -0.4 is 11.5 Å². The smallest absolute Gasteiger partial charge is 0.418 e. The molecular weight excluding hydrogens is 591 g/mol. The number of hydrogen-bond acceptors (Lipinski definition) is 6. The number of nitrogens with two attached hydrogens (primary N) is 2. The van der Waals surface area contributed by atoms with E-state index in [4.69, 9.17) is 11.5 Å². The van der Waals surface area contributed by atoms with E-state index >= 15 is 0 Å². The Labute approximate surface area is 215 Å². The molecule has 3 aromatic rings. The van der Waals surface area contributed by atoms with Crippen molar-refractivity contribution < 1.29 is 59.5 Å². The number of rotatable bonds is 2. The zero-order valence-corrected chi connectivity index (χ0v) is 20.9. The summed E-state index contributed by atoms with van der Waals surface area (Å²) < 4.78 is 78.0. The van der Waals surface area contributed by atoms with Gasteiger partial charge in [0.1, 0.15) is 5.69 Å². The summed E-state index contributed by atoms with van der Waals surface area (Å²) in [5, 5.41) is 0. The average molecular weight is 615 g/mol. The third-order valence-corrected chi connectivity index (χ3v) is 3.31. The minimum absolute atomic E-state index is 0. The van der Waals surface area contributed by atoms with Crippen LogP contribution >= 0.6 is 0 Å². The fraction of sp³-hybridized carbons (Fsp3) is 0.222. The van der Waals surface area contributed by atoms with Gasteiger partial charge < -0.3 is 51.5 Å². The Hall–Kier alpha value is -2.87. The average Bonchev–Trinajstić information content (AvgIpc) is 2.66. The van der Waals surface area contributed by atoms with Crippen LogP contribution in [0, 0.1) is 6.92 Å². The Kier molecular flexibility index (Phi) is 18.4. The molecule has 0 saturated carbocycles. The van der Waals surface area contributed by atoms with Crippen molar-refractivity contribution in [3.63, 3.8) is 0 Å². The summed E-state index contributed by atoms with van der Waals surface area (Å²) in [4.78, 5) is 15.6. The monoisotopic (exact) mass is 616 g/mol. The Balaban J connectivity index is -0.000000437. The predicted molar refractivity (Wildman–Crippen MR) is 121 cm³/mol. The molecule has 2 heterocycles. The molecule has 0 amide bonds. The largest absolute Gasteiger partial charge is 2.00 e.